The van der Waals surface area contributed by atoms with Crippen molar-refractivity contribution in [3.05, 3.63) is 35.8 Å². The molecule has 1 saturated heterocycles. The van der Waals surface area contributed by atoms with Gasteiger partial charge in [-0.1, -0.05) is 13.0 Å². The largest absolute Gasteiger partial charge is 0.330 e. The molecule has 0 aliphatic carbocycles. The molecular weight excluding hydrogens is 236 g/mol. The average Bonchev–Trinajstić information content (AvgIpc) is 2.96. The Balaban J connectivity index is 1.81. The smallest absolute Gasteiger partial charge is 0.136 e. The second-order valence-corrected chi connectivity index (χ2v) is 6.16. The third kappa shape index (κ3) is 2.38. The summed E-state index contributed by atoms with van der Waals surface area (Å²) in [5, 5.41) is 0. The number of hydrogen-bond donors (Lipinski definition) is 1. The fraction of sp³-hybridized carbons (Fsp3) is 0.533. The van der Waals surface area contributed by atoms with Crippen LogP contribution in [0.25, 0.3) is 5.65 Å². The van der Waals surface area contributed by atoms with Gasteiger partial charge in [0.1, 0.15) is 5.65 Å². The molecule has 2 aromatic rings. The van der Waals surface area contributed by atoms with Crippen LogP contribution in [0, 0.1) is 12.3 Å². The Morgan fingerprint density at radius 2 is 2.26 bits per heavy atom. The minimum Gasteiger partial charge on any atom is -0.330 e. The van der Waals surface area contributed by atoms with Gasteiger partial charge in [0, 0.05) is 19.3 Å². The zero-order chi connectivity index (χ0) is 13.5. The van der Waals surface area contributed by atoms with Crippen LogP contribution in [0.1, 0.15) is 24.6 Å². The van der Waals surface area contributed by atoms with Crippen molar-refractivity contribution in [3.63, 3.8) is 0 Å². The molecule has 4 nitrogen and oxygen atoms in total. The van der Waals surface area contributed by atoms with E-state index in [1.165, 1.54) is 17.7 Å². The molecule has 1 unspecified atom stereocenters. The Morgan fingerprint density at radius 3 is 3.00 bits per heavy atom. The van der Waals surface area contributed by atoms with E-state index in [1.807, 2.05) is 6.20 Å². The molecule has 1 aliphatic heterocycles. The third-order valence-electron chi connectivity index (χ3n) is 4.25. The van der Waals surface area contributed by atoms with Gasteiger partial charge in [-0.15, -0.1) is 0 Å². The summed E-state index contributed by atoms with van der Waals surface area (Å²) in [6.45, 7) is 8.35. The Kier molecular flexibility index (Phi) is 3.07. The summed E-state index contributed by atoms with van der Waals surface area (Å²) < 4.78 is 2.20. The van der Waals surface area contributed by atoms with E-state index in [4.69, 9.17) is 5.73 Å². The van der Waals surface area contributed by atoms with Crippen LogP contribution in [0.15, 0.2) is 24.5 Å². The predicted molar refractivity (Wildman–Crippen MR) is 77.0 cm³/mol. The van der Waals surface area contributed by atoms with Crippen molar-refractivity contribution < 1.29 is 0 Å². The maximum atomic E-state index is 5.87. The number of pyridine rings is 1. The molecule has 0 saturated carbocycles. The third-order valence-corrected chi connectivity index (χ3v) is 4.25. The topological polar surface area (TPSA) is 46.6 Å². The summed E-state index contributed by atoms with van der Waals surface area (Å²) in [7, 11) is 0. The molecule has 3 rings (SSSR count). The lowest BCUT2D eigenvalue weighted by molar-refractivity contribution is 0.271. The molecule has 1 aliphatic rings. The summed E-state index contributed by atoms with van der Waals surface area (Å²) in [5.74, 6) is 0. The van der Waals surface area contributed by atoms with Crippen LogP contribution < -0.4 is 5.73 Å². The maximum Gasteiger partial charge on any atom is 0.136 e. The van der Waals surface area contributed by atoms with Crippen LogP contribution >= 0.6 is 0 Å². The zero-order valence-corrected chi connectivity index (χ0v) is 11.8. The minimum absolute atomic E-state index is 0.288. The summed E-state index contributed by atoms with van der Waals surface area (Å²) >= 11 is 0. The first-order valence-electron chi connectivity index (χ1n) is 6.95. The molecule has 0 aromatic carbocycles. The van der Waals surface area contributed by atoms with Gasteiger partial charge in [-0.25, -0.2) is 4.98 Å². The van der Waals surface area contributed by atoms with Gasteiger partial charge in [-0.2, -0.15) is 0 Å². The second-order valence-electron chi connectivity index (χ2n) is 6.16. The van der Waals surface area contributed by atoms with Crippen molar-refractivity contribution in [2.75, 3.05) is 19.6 Å². The molecule has 0 bridgehead atoms. The standard InChI is InChI=1S/C15H22N4/c1-12-3-4-14-17-7-13(19(14)8-12)9-18-6-5-15(2,10-16)11-18/h3-4,7-8H,5-6,9-11,16H2,1-2H3. The van der Waals surface area contributed by atoms with Gasteiger partial charge in [0.25, 0.3) is 0 Å². The van der Waals surface area contributed by atoms with E-state index >= 15 is 0 Å². The summed E-state index contributed by atoms with van der Waals surface area (Å²) in [6.07, 6.45) is 5.35. The van der Waals surface area contributed by atoms with Crippen LogP contribution in [0.3, 0.4) is 0 Å². The molecule has 1 fully saturated rings. The van der Waals surface area contributed by atoms with E-state index in [9.17, 15) is 0 Å². The molecule has 2 N–H and O–H groups in total. The average molecular weight is 258 g/mol. The van der Waals surface area contributed by atoms with E-state index in [0.717, 1.165) is 31.8 Å². The molecule has 0 amide bonds. The first kappa shape index (κ1) is 12.6. The summed E-state index contributed by atoms with van der Waals surface area (Å²) in [5.41, 5.74) is 9.71. The van der Waals surface area contributed by atoms with Gasteiger partial charge in [-0.05, 0) is 43.5 Å². The lowest BCUT2D eigenvalue weighted by atomic mass is 9.90. The van der Waals surface area contributed by atoms with Crippen molar-refractivity contribution in [1.82, 2.24) is 14.3 Å². The number of nitrogens with two attached hydrogens (primary N) is 1. The van der Waals surface area contributed by atoms with Crippen molar-refractivity contribution in [1.29, 1.82) is 0 Å². The molecule has 2 aromatic heterocycles. The van der Waals surface area contributed by atoms with E-state index in [2.05, 4.69) is 46.5 Å². The number of rotatable bonds is 3. The van der Waals surface area contributed by atoms with Crippen LogP contribution in [0.4, 0.5) is 0 Å². The normalized spacial score (nSPS) is 24.4. The zero-order valence-electron chi connectivity index (χ0n) is 11.8. The number of aromatic nitrogens is 2. The highest BCUT2D eigenvalue weighted by Crippen LogP contribution is 2.29. The number of imidazole rings is 1. The van der Waals surface area contributed by atoms with Gasteiger partial charge in [0.15, 0.2) is 0 Å². The van der Waals surface area contributed by atoms with Crippen molar-refractivity contribution in [3.8, 4) is 0 Å². The highest BCUT2D eigenvalue weighted by Gasteiger charge is 2.32. The number of hydrogen-bond acceptors (Lipinski definition) is 3. The van der Waals surface area contributed by atoms with Crippen molar-refractivity contribution in [2.45, 2.75) is 26.8 Å². The van der Waals surface area contributed by atoms with Gasteiger partial charge < -0.3 is 10.1 Å². The van der Waals surface area contributed by atoms with Crippen molar-refractivity contribution in [2.24, 2.45) is 11.1 Å². The van der Waals surface area contributed by atoms with Crippen LogP contribution in [-0.2, 0) is 6.54 Å². The number of likely N-dealkylation sites (tertiary alicyclic amines) is 1. The Morgan fingerprint density at radius 1 is 1.42 bits per heavy atom. The van der Waals surface area contributed by atoms with Gasteiger partial charge in [0.05, 0.1) is 11.9 Å². The van der Waals surface area contributed by atoms with Crippen LogP contribution in [-0.4, -0.2) is 33.9 Å². The molecule has 19 heavy (non-hydrogen) atoms. The second kappa shape index (κ2) is 4.62. The molecular formula is C15H22N4. The van der Waals surface area contributed by atoms with E-state index in [-0.39, 0.29) is 5.41 Å². The first-order valence-corrected chi connectivity index (χ1v) is 6.95. The lowest BCUT2D eigenvalue weighted by Gasteiger charge is -2.22. The van der Waals surface area contributed by atoms with Gasteiger partial charge in [0.2, 0.25) is 0 Å². The Hall–Kier alpha value is -1.39. The Bertz CT molecular complexity index is 589. The predicted octanol–water partition coefficient (Wildman–Crippen LogP) is 1.81. The first-order chi connectivity index (χ1) is 9.09. The van der Waals surface area contributed by atoms with Crippen LogP contribution in [0.5, 0.6) is 0 Å². The highest BCUT2D eigenvalue weighted by molar-refractivity contribution is 5.41. The molecule has 3 heterocycles. The monoisotopic (exact) mass is 258 g/mol. The van der Waals surface area contributed by atoms with Crippen molar-refractivity contribution >= 4 is 5.65 Å². The SMILES string of the molecule is Cc1ccc2ncc(CN3CCC(C)(CN)C3)n2c1. The van der Waals surface area contributed by atoms with Gasteiger partial charge >= 0.3 is 0 Å². The maximum absolute atomic E-state index is 5.87. The summed E-state index contributed by atoms with van der Waals surface area (Å²) in [6, 6.07) is 4.18. The highest BCUT2D eigenvalue weighted by atomic mass is 15.2. The van der Waals surface area contributed by atoms with Gasteiger partial charge in [-0.3, -0.25) is 4.90 Å². The fourth-order valence-corrected chi connectivity index (χ4v) is 2.91. The van der Waals surface area contributed by atoms with E-state index in [0.29, 0.717) is 0 Å². The Labute approximate surface area is 114 Å². The fourth-order valence-electron chi connectivity index (χ4n) is 2.91. The molecule has 102 valence electrons. The van der Waals surface area contributed by atoms with E-state index in [1.54, 1.807) is 0 Å². The minimum atomic E-state index is 0.288. The number of fused-ring (bicyclic) bond motifs is 1. The molecule has 0 spiro atoms. The molecule has 1 atom stereocenters. The quantitative estimate of drug-likeness (QED) is 0.913. The number of aryl methyl sites for hydroxylation is 1. The molecule has 4 heteroatoms. The summed E-state index contributed by atoms with van der Waals surface area (Å²) in [4.78, 5) is 6.95. The van der Waals surface area contributed by atoms with Crippen LogP contribution in [0.2, 0.25) is 0 Å². The number of nitrogens with zero attached hydrogens (tertiary/aromatic N) is 3. The molecule has 0 radical (unpaired) electrons. The lowest BCUT2D eigenvalue weighted by Crippen LogP contribution is -2.31. The van der Waals surface area contributed by atoms with E-state index < -0.39 is 0 Å².